The lowest BCUT2D eigenvalue weighted by molar-refractivity contribution is -0.152. The number of aryl methyl sites for hydroxylation is 1. The highest BCUT2D eigenvalue weighted by molar-refractivity contribution is 6.14. The third-order valence-electron chi connectivity index (χ3n) is 4.76. The molecule has 25 heavy (non-hydrogen) atoms. The molecule has 1 aliphatic rings. The summed E-state index contributed by atoms with van der Waals surface area (Å²) in [5.41, 5.74) is 1.59. The molecule has 3 rings (SSSR count). The molecule has 0 bridgehead atoms. The van der Waals surface area contributed by atoms with Crippen LogP contribution in [0, 0.1) is 5.41 Å². The van der Waals surface area contributed by atoms with Crippen LogP contribution in [0.25, 0.3) is 6.08 Å². The molecule has 1 aliphatic carbocycles. The Morgan fingerprint density at radius 3 is 2.60 bits per heavy atom. The van der Waals surface area contributed by atoms with Crippen LogP contribution in [0.1, 0.15) is 41.3 Å². The van der Waals surface area contributed by atoms with Crippen LogP contribution in [0.4, 0.5) is 0 Å². The van der Waals surface area contributed by atoms with Gasteiger partial charge in [-0.15, -0.1) is 0 Å². The fraction of sp³-hybridized carbons (Fsp3) is 0.273. The summed E-state index contributed by atoms with van der Waals surface area (Å²) >= 11 is 0. The predicted molar refractivity (Wildman–Crippen MR) is 98.3 cm³/mol. The van der Waals surface area contributed by atoms with Gasteiger partial charge in [0.25, 0.3) is 0 Å². The number of carbonyl (C=O) groups excluding carboxylic acids is 2. The van der Waals surface area contributed by atoms with Crippen LogP contribution in [-0.2, 0) is 16.0 Å². The third kappa shape index (κ3) is 3.41. The number of esters is 1. The second kappa shape index (κ2) is 7.47. The quantitative estimate of drug-likeness (QED) is 0.598. The van der Waals surface area contributed by atoms with Crippen molar-refractivity contribution in [3.8, 4) is 0 Å². The highest BCUT2D eigenvalue weighted by atomic mass is 16.5. The molecule has 2 aromatic rings. The number of benzene rings is 2. The van der Waals surface area contributed by atoms with E-state index in [9.17, 15) is 9.59 Å². The molecule has 1 unspecified atom stereocenters. The van der Waals surface area contributed by atoms with Gasteiger partial charge in [0.2, 0.25) is 0 Å². The van der Waals surface area contributed by atoms with Crippen molar-refractivity contribution in [2.24, 2.45) is 5.41 Å². The molecule has 0 saturated carbocycles. The van der Waals surface area contributed by atoms with Gasteiger partial charge in [-0.3, -0.25) is 9.59 Å². The normalized spacial score (nSPS) is 19.6. The Morgan fingerprint density at radius 1 is 1.12 bits per heavy atom. The van der Waals surface area contributed by atoms with Crippen LogP contribution in [-0.4, -0.2) is 18.4 Å². The lowest BCUT2D eigenvalue weighted by Gasteiger charge is -2.33. The maximum absolute atomic E-state index is 13.2. The number of hydrogen-bond acceptors (Lipinski definition) is 3. The van der Waals surface area contributed by atoms with Gasteiger partial charge >= 0.3 is 5.97 Å². The van der Waals surface area contributed by atoms with Crippen molar-refractivity contribution < 1.29 is 14.3 Å². The standard InChI is InChI=1S/C22H22O3/c1-2-25-21(24)22(15-8-11-17-9-4-3-5-10-17)16-14-18-12-6-7-13-19(18)20(22)23/h3-13H,2,14-16H2,1H3/b11-8+. The van der Waals surface area contributed by atoms with Gasteiger partial charge in [-0.2, -0.15) is 0 Å². The summed E-state index contributed by atoms with van der Waals surface area (Å²) in [5, 5.41) is 0. The highest BCUT2D eigenvalue weighted by Gasteiger charge is 2.49. The van der Waals surface area contributed by atoms with Crippen molar-refractivity contribution in [2.45, 2.75) is 26.2 Å². The molecule has 128 valence electrons. The molecule has 0 aromatic heterocycles. The average molecular weight is 334 g/mol. The Labute approximate surface area is 148 Å². The van der Waals surface area contributed by atoms with Gasteiger partial charge in [-0.05, 0) is 37.3 Å². The summed E-state index contributed by atoms with van der Waals surface area (Å²) < 4.78 is 5.28. The van der Waals surface area contributed by atoms with E-state index in [0.717, 1.165) is 11.1 Å². The number of ketones is 1. The van der Waals surface area contributed by atoms with E-state index >= 15 is 0 Å². The average Bonchev–Trinajstić information content (AvgIpc) is 2.65. The van der Waals surface area contributed by atoms with Crippen LogP contribution in [0.2, 0.25) is 0 Å². The molecule has 0 fully saturated rings. The molecule has 0 heterocycles. The van der Waals surface area contributed by atoms with E-state index in [0.29, 0.717) is 24.8 Å². The molecule has 1 atom stereocenters. The Balaban J connectivity index is 1.91. The number of carbonyl (C=O) groups is 2. The van der Waals surface area contributed by atoms with E-state index in [1.165, 1.54) is 0 Å². The number of Topliss-reactive ketones (excluding diaryl/α,β-unsaturated/α-hetero) is 1. The predicted octanol–water partition coefficient (Wildman–Crippen LogP) is 4.47. The number of rotatable bonds is 5. The van der Waals surface area contributed by atoms with E-state index in [1.54, 1.807) is 6.92 Å². The van der Waals surface area contributed by atoms with Crippen molar-refractivity contribution in [1.29, 1.82) is 0 Å². The summed E-state index contributed by atoms with van der Waals surface area (Å²) in [5.74, 6) is -0.530. The second-order valence-corrected chi connectivity index (χ2v) is 6.31. The molecule has 0 aliphatic heterocycles. The Bertz CT molecular complexity index is 792. The number of ether oxygens (including phenoxy) is 1. The van der Waals surface area contributed by atoms with Crippen molar-refractivity contribution in [3.63, 3.8) is 0 Å². The minimum Gasteiger partial charge on any atom is -0.465 e. The Kier molecular flexibility index (Phi) is 5.13. The molecule has 3 heteroatoms. The lowest BCUT2D eigenvalue weighted by atomic mass is 9.68. The van der Waals surface area contributed by atoms with Crippen LogP contribution < -0.4 is 0 Å². The summed E-state index contributed by atoms with van der Waals surface area (Å²) in [6.07, 6.45) is 5.42. The Hall–Kier alpha value is -2.68. The monoisotopic (exact) mass is 334 g/mol. The van der Waals surface area contributed by atoms with Gasteiger partial charge in [0, 0.05) is 5.56 Å². The molecule has 0 spiro atoms. The van der Waals surface area contributed by atoms with Gasteiger partial charge in [-0.25, -0.2) is 0 Å². The fourth-order valence-corrected chi connectivity index (χ4v) is 3.38. The fourth-order valence-electron chi connectivity index (χ4n) is 3.38. The van der Waals surface area contributed by atoms with Gasteiger partial charge in [0.15, 0.2) is 5.78 Å². The minimum atomic E-state index is -1.12. The SMILES string of the molecule is CCOC(=O)C1(C/C=C/c2ccccc2)CCc2ccccc2C1=O. The first-order chi connectivity index (χ1) is 12.2. The topological polar surface area (TPSA) is 43.4 Å². The largest absolute Gasteiger partial charge is 0.465 e. The number of hydrogen-bond donors (Lipinski definition) is 0. The van der Waals surface area contributed by atoms with Crippen molar-refractivity contribution >= 4 is 17.8 Å². The zero-order chi connectivity index (χ0) is 17.7. The van der Waals surface area contributed by atoms with Crippen LogP contribution in [0.15, 0.2) is 60.7 Å². The van der Waals surface area contributed by atoms with E-state index in [1.807, 2.05) is 66.7 Å². The highest BCUT2D eigenvalue weighted by Crippen LogP contribution is 2.40. The zero-order valence-electron chi connectivity index (χ0n) is 14.4. The van der Waals surface area contributed by atoms with E-state index in [4.69, 9.17) is 4.74 Å². The van der Waals surface area contributed by atoms with Crippen LogP contribution in [0.3, 0.4) is 0 Å². The lowest BCUT2D eigenvalue weighted by Crippen LogP contribution is -2.43. The number of allylic oxidation sites excluding steroid dienone is 1. The molecular weight excluding hydrogens is 312 g/mol. The van der Waals surface area contributed by atoms with E-state index < -0.39 is 11.4 Å². The molecule has 0 amide bonds. The molecule has 0 radical (unpaired) electrons. The Morgan fingerprint density at radius 2 is 1.84 bits per heavy atom. The van der Waals surface area contributed by atoms with E-state index in [2.05, 4.69) is 0 Å². The summed E-state index contributed by atoms with van der Waals surface area (Å²) in [6, 6.07) is 17.4. The van der Waals surface area contributed by atoms with Gasteiger partial charge < -0.3 is 4.74 Å². The van der Waals surface area contributed by atoms with Crippen molar-refractivity contribution in [3.05, 3.63) is 77.4 Å². The minimum absolute atomic E-state index is 0.120. The van der Waals surface area contributed by atoms with Crippen molar-refractivity contribution in [1.82, 2.24) is 0 Å². The van der Waals surface area contributed by atoms with Crippen molar-refractivity contribution in [2.75, 3.05) is 6.61 Å². The maximum Gasteiger partial charge on any atom is 0.320 e. The summed E-state index contributed by atoms with van der Waals surface area (Å²) in [7, 11) is 0. The smallest absolute Gasteiger partial charge is 0.320 e. The maximum atomic E-state index is 13.2. The van der Waals surface area contributed by atoms with Gasteiger partial charge in [-0.1, -0.05) is 66.7 Å². The third-order valence-corrected chi connectivity index (χ3v) is 4.76. The molecule has 3 nitrogen and oxygen atoms in total. The van der Waals surface area contributed by atoms with Crippen LogP contribution >= 0.6 is 0 Å². The number of fused-ring (bicyclic) bond motifs is 1. The first-order valence-electron chi connectivity index (χ1n) is 8.69. The first-order valence-corrected chi connectivity index (χ1v) is 8.69. The second-order valence-electron chi connectivity index (χ2n) is 6.31. The van der Waals surface area contributed by atoms with Crippen LogP contribution in [0.5, 0.6) is 0 Å². The first kappa shape index (κ1) is 17.2. The van der Waals surface area contributed by atoms with Gasteiger partial charge in [0.05, 0.1) is 6.61 Å². The molecular formula is C22H22O3. The summed E-state index contributed by atoms with van der Waals surface area (Å²) in [6.45, 7) is 2.05. The molecule has 0 N–H and O–H groups in total. The van der Waals surface area contributed by atoms with Gasteiger partial charge in [0.1, 0.15) is 5.41 Å². The zero-order valence-corrected chi connectivity index (χ0v) is 14.4. The van der Waals surface area contributed by atoms with E-state index in [-0.39, 0.29) is 12.4 Å². The molecule has 2 aromatic carbocycles. The summed E-state index contributed by atoms with van der Waals surface area (Å²) in [4.78, 5) is 25.9. The molecule has 0 saturated heterocycles.